The zero-order chi connectivity index (χ0) is 13.0. The maximum absolute atomic E-state index is 11.3. The quantitative estimate of drug-likeness (QED) is 0.607. The predicted octanol–water partition coefficient (Wildman–Crippen LogP) is 3.32. The van der Waals surface area contributed by atoms with Gasteiger partial charge in [-0.3, -0.25) is 4.79 Å². The maximum atomic E-state index is 11.3. The van der Waals surface area contributed by atoms with Crippen LogP contribution in [-0.2, 0) is 0 Å². The molecule has 0 amide bonds. The highest BCUT2D eigenvalue weighted by atomic mass is 16.1. The molecule has 0 bridgehead atoms. The zero-order valence-corrected chi connectivity index (χ0v) is 11.1. The topological polar surface area (TPSA) is 55.1 Å². The van der Waals surface area contributed by atoms with Crippen LogP contribution in [0.3, 0.4) is 0 Å². The van der Waals surface area contributed by atoms with Crippen molar-refractivity contribution in [1.29, 1.82) is 0 Å². The Labute approximate surface area is 103 Å². The molecule has 0 heterocycles. The smallest absolute Gasteiger partial charge is 0.161 e. The van der Waals surface area contributed by atoms with E-state index in [4.69, 9.17) is 5.73 Å². The average Bonchev–Trinajstić information content (AvgIpc) is 2.24. The highest BCUT2D eigenvalue weighted by Crippen LogP contribution is 2.21. The lowest BCUT2D eigenvalue weighted by molar-refractivity contribution is 0.101. The summed E-state index contributed by atoms with van der Waals surface area (Å²) in [6, 6.07) is 5.96. The number of hydrogen-bond donors (Lipinski definition) is 2. The van der Waals surface area contributed by atoms with Crippen molar-refractivity contribution >= 4 is 17.2 Å². The van der Waals surface area contributed by atoms with Crippen LogP contribution in [0.2, 0.25) is 0 Å². The monoisotopic (exact) mass is 234 g/mol. The minimum absolute atomic E-state index is 0.00458. The van der Waals surface area contributed by atoms with Gasteiger partial charge in [0, 0.05) is 23.0 Å². The Balaban J connectivity index is 2.87. The molecule has 3 heteroatoms. The molecule has 0 aromatic heterocycles. The second kappa shape index (κ2) is 5.71. The van der Waals surface area contributed by atoms with Crippen molar-refractivity contribution in [2.24, 2.45) is 5.92 Å². The maximum Gasteiger partial charge on any atom is 0.161 e. The minimum atomic E-state index is 0.00458. The van der Waals surface area contributed by atoms with Gasteiger partial charge in [0.25, 0.3) is 0 Å². The van der Waals surface area contributed by atoms with Gasteiger partial charge in [0.2, 0.25) is 0 Å². The molecule has 0 spiro atoms. The van der Waals surface area contributed by atoms with E-state index in [1.165, 1.54) is 6.92 Å². The molecule has 0 saturated carbocycles. The molecule has 94 valence electrons. The van der Waals surface area contributed by atoms with Crippen LogP contribution in [0.4, 0.5) is 11.4 Å². The highest BCUT2D eigenvalue weighted by Gasteiger charge is 2.11. The third-order valence-electron chi connectivity index (χ3n) is 3.03. The molecule has 1 unspecified atom stereocenters. The van der Waals surface area contributed by atoms with Crippen LogP contribution in [0, 0.1) is 5.92 Å². The number of carbonyl (C=O) groups excluding carboxylic acids is 1. The lowest BCUT2D eigenvalue weighted by atomic mass is 10.0. The van der Waals surface area contributed by atoms with E-state index in [-0.39, 0.29) is 5.78 Å². The van der Waals surface area contributed by atoms with Crippen LogP contribution in [0.5, 0.6) is 0 Å². The number of nitrogens with two attached hydrogens (primary N) is 1. The summed E-state index contributed by atoms with van der Waals surface area (Å²) in [5.74, 6) is 0.568. The fraction of sp³-hybridized carbons (Fsp3) is 0.500. The molecular weight excluding hydrogens is 212 g/mol. The first kappa shape index (κ1) is 13.6. The van der Waals surface area contributed by atoms with Crippen molar-refractivity contribution in [3.05, 3.63) is 23.8 Å². The van der Waals surface area contributed by atoms with Gasteiger partial charge in [-0.1, -0.05) is 20.8 Å². The van der Waals surface area contributed by atoms with Gasteiger partial charge >= 0.3 is 0 Å². The Hall–Kier alpha value is -1.51. The Kier molecular flexibility index (Phi) is 4.55. The van der Waals surface area contributed by atoms with Gasteiger partial charge in [0.15, 0.2) is 5.78 Å². The number of anilines is 2. The molecular formula is C14H22N2O. The summed E-state index contributed by atoms with van der Waals surface area (Å²) < 4.78 is 0. The van der Waals surface area contributed by atoms with Crippen LogP contribution in [0.25, 0.3) is 0 Å². The van der Waals surface area contributed by atoms with Crippen LogP contribution < -0.4 is 11.1 Å². The summed E-state index contributed by atoms with van der Waals surface area (Å²) >= 11 is 0. The average molecular weight is 234 g/mol. The van der Waals surface area contributed by atoms with Crippen LogP contribution in [0.1, 0.15) is 44.5 Å². The van der Waals surface area contributed by atoms with Crippen molar-refractivity contribution in [2.45, 2.75) is 40.2 Å². The lowest BCUT2D eigenvalue weighted by Crippen LogP contribution is -2.24. The molecule has 0 aliphatic rings. The summed E-state index contributed by atoms with van der Waals surface area (Å²) in [5.41, 5.74) is 7.97. The Morgan fingerprint density at radius 1 is 1.41 bits per heavy atom. The molecule has 1 atom stereocenters. The molecule has 1 rings (SSSR count). The van der Waals surface area contributed by atoms with Crippen LogP contribution >= 0.6 is 0 Å². The molecule has 0 aliphatic heterocycles. The van der Waals surface area contributed by atoms with Gasteiger partial charge in [-0.05, 0) is 37.5 Å². The van der Waals surface area contributed by atoms with E-state index < -0.39 is 0 Å². The Bertz CT molecular complexity index is 399. The molecule has 0 fully saturated rings. The molecule has 1 aromatic rings. The predicted molar refractivity (Wildman–Crippen MR) is 73.4 cm³/mol. The third-order valence-corrected chi connectivity index (χ3v) is 3.03. The van der Waals surface area contributed by atoms with Gasteiger partial charge in [0.1, 0.15) is 0 Å². The third kappa shape index (κ3) is 3.48. The molecule has 0 aliphatic carbocycles. The number of benzene rings is 1. The molecule has 0 radical (unpaired) electrons. The van der Waals surface area contributed by atoms with E-state index in [1.54, 1.807) is 6.07 Å². The largest absolute Gasteiger partial charge is 0.398 e. The zero-order valence-electron chi connectivity index (χ0n) is 11.1. The van der Waals surface area contributed by atoms with E-state index in [9.17, 15) is 4.79 Å². The highest BCUT2D eigenvalue weighted by molar-refractivity contribution is 5.99. The summed E-state index contributed by atoms with van der Waals surface area (Å²) in [7, 11) is 0. The fourth-order valence-electron chi connectivity index (χ4n) is 1.93. The van der Waals surface area contributed by atoms with E-state index >= 15 is 0 Å². The van der Waals surface area contributed by atoms with Crippen molar-refractivity contribution in [1.82, 2.24) is 0 Å². The van der Waals surface area contributed by atoms with Crippen molar-refractivity contribution < 1.29 is 4.79 Å². The van der Waals surface area contributed by atoms with E-state index in [0.717, 1.165) is 12.1 Å². The number of nitrogens with one attached hydrogen (secondary N) is 1. The summed E-state index contributed by atoms with van der Waals surface area (Å²) in [6.07, 6.45) is 1.06. The van der Waals surface area contributed by atoms with Crippen molar-refractivity contribution in [3.63, 3.8) is 0 Å². The first-order valence-electron chi connectivity index (χ1n) is 6.12. The normalized spacial score (nSPS) is 12.5. The molecule has 3 N–H and O–H groups in total. The fourth-order valence-corrected chi connectivity index (χ4v) is 1.93. The second-order valence-electron chi connectivity index (χ2n) is 4.76. The second-order valence-corrected chi connectivity index (χ2v) is 4.76. The summed E-state index contributed by atoms with van der Waals surface area (Å²) in [6.45, 7) is 8.07. The van der Waals surface area contributed by atoms with E-state index in [1.807, 2.05) is 12.1 Å². The van der Waals surface area contributed by atoms with Crippen molar-refractivity contribution in [2.75, 3.05) is 11.1 Å². The van der Waals surface area contributed by atoms with Gasteiger partial charge in [0.05, 0.1) is 0 Å². The minimum Gasteiger partial charge on any atom is -0.398 e. The molecule has 3 nitrogen and oxygen atoms in total. The summed E-state index contributed by atoms with van der Waals surface area (Å²) in [5, 5.41) is 3.44. The Morgan fingerprint density at radius 3 is 2.47 bits per heavy atom. The van der Waals surface area contributed by atoms with Crippen LogP contribution in [0.15, 0.2) is 18.2 Å². The number of ketones is 1. The number of hydrogen-bond acceptors (Lipinski definition) is 3. The van der Waals surface area contributed by atoms with Gasteiger partial charge in [-0.25, -0.2) is 0 Å². The van der Waals surface area contributed by atoms with Gasteiger partial charge in [-0.15, -0.1) is 0 Å². The summed E-state index contributed by atoms with van der Waals surface area (Å²) in [4.78, 5) is 11.3. The molecule has 17 heavy (non-hydrogen) atoms. The van der Waals surface area contributed by atoms with Gasteiger partial charge in [-0.2, -0.15) is 0 Å². The SMILES string of the molecule is CCC(Nc1ccc(C(C)=O)c(N)c1)C(C)C. The number of carbonyl (C=O) groups is 1. The number of rotatable bonds is 5. The van der Waals surface area contributed by atoms with Crippen LogP contribution in [-0.4, -0.2) is 11.8 Å². The standard InChI is InChI=1S/C14H22N2O/c1-5-14(9(2)3)16-11-6-7-12(10(4)17)13(15)8-11/h6-9,14,16H,5,15H2,1-4H3. The molecule has 0 saturated heterocycles. The van der Waals surface area contributed by atoms with E-state index in [0.29, 0.717) is 23.2 Å². The Morgan fingerprint density at radius 2 is 2.06 bits per heavy atom. The first-order valence-corrected chi connectivity index (χ1v) is 6.12. The first-order chi connectivity index (χ1) is 7.95. The molecule has 1 aromatic carbocycles. The van der Waals surface area contributed by atoms with Crippen molar-refractivity contribution in [3.8, 4) is 0 Å². The van der Waals surface area contributed by atoms with Gasteiger partial charge < -0.3 is 11.1 Å². The van der Waals surface area contributed by atoms with E-state index in [2.05, 4.69) is 26.1 Å². The lowest BCUT2D eigenvalue weighted by Gasteiger charge is -2.22. The number of nitrogen functional groups attached to an aromatic ring is 1. The number of Topliss-reactive ketones (excluding diaryl/α,β-unsaturated/α-hetero) is 1.